The third-order valence-electron chi connectivity index (χ3n) is 0.951. The first-order chi connectivity index (χ1) is 5.43. The molecular formula is C4HF3N2O2S. The Hall–Kier alpha value is -1.18. The molecule has 1 heterocycles. The van der Waals surface area contributed by atoms with Crippen molar-refractivity contribution < 1.29 is 23.1 Å². The van der Waals surface area contributed by atoms with Crippen LogP contribution in [0.3, 0.4) is 0 Å². The van der Waals surface area contributed by atoms with Crippen LogP contribution in [-0.4, -0.2) is 20.7 Å². The van der Waals surface area contributed by atoms with E-state index in [0.29, 0.717) is 0 Å². The van der Waals surface area contributed by atoms with Gasteiger partial charge in [-0.15, -0.1) is 5.10 Å². The summed E-state index contributed by atoms with van der Waals surface area (Å²) in [7, 11) is 0. The van der Waals surface area contributed by atoms with Gasteiger partial charge in [0.05, 0.1) is 0 Å². The standard InChI is InChI=1S/C4HF3N2O2S/c5-4(6,7)2-1(3(10)11)12-9-8-2/h(H,10,11). The maximum absolute atomic E-state index is 11.9. The van der Waals surface area contributed by atoms with E-state index in [0.717, 1.165) is 0 Å². The first-order valence-electron chi connectivity index (χ1n) is 2.55. The number of halogens is 3. The van der Waals surface area contributed by atoms with Crippen LogP contribution in [-0.2, 0) is 6.18 Å². The second-order valence-corrected chi connectivity index (χ2v) is 2.51. The summed E-state index contributed by atoms with van der Waals surface area (Å²) in [5.74, 6) is -1.67. The van der Waals surface area contributed by atoms with Gasteiger partial charge in [-0.1, -0.05) is 4.49 Å². The highest BCUT2D eigenvalue weighted by molar-refractivity contribution is 7.07. The van der Waals surface area contributed by atoms with Crippen molar-refractivity contribution in [3.63, 3.8) is 0 Å². The van der Waals surface area contributed by atoms with Crippen molar-refractivity contribution >= 4 is 17.5 Å². The Morgan fingerprint density at radius 1 is 1.50 bits per heavy atom. The fraction of sp³-hybridized carbons (Fsp3) is 0.250. The molecule has 0 saturated carbocycles. The quantitative estimate of drug-likeness (QED) is 0.737. The fourth-order valence-electron chi connectivity index (χ4n) is 0.516. The smallest absolute Gasteiger partial charge is 0.436 e. The largest absolute Gasteiger partial charge is 0.477 e. The average molecular weight is 198 g/mol. The summed E-state index contributed by atoms with van der Waals surface area (Å²) < 4.78 is 38.5. The molecule has 0 aliphatic carbocycles. The summed E-state index contributed by atoms with van der Waals surface area (Å²) in [6.07, 6.45) is -4.75. The van der Waals surface area contributed by atoms with Gasteiger partial charge < -0.3 is 5.11 Å². The first kappa shape index (κ1) is 8.91. The lowest BCUT2D eigenvalue weighted by atomic mass is 10.3. The number of aromatic nitrogens is 2. The van der Waals surface area contributed by atoms with Gasteiger partial charge in [0.25, 0.3) is 0 Å². The molecule has 66 valence electrons. The lowest BCUT2D eigenvalue weighted by Crippen LogP contribution is -2.11. The number of carbonyl (C=O) groups is 1. The molecule has 12 heavy (non-hydrogen) atoms. The summed E-state index contributed by atoms with van der Waals surface area (Å²) in [5, 5.41) is 10.9. The van der Waals surface area contributed by atoms with E-state index in [2.05, 4.69) is 9.59 Å². The average Bonchev–Trinajstić information content (AvgIpc) is 2.30. The van der Waals surface area contributed by atoms with Crippen LogP contribution in [0.2, 0.25) is 0 Å². The predicted molar refractivity (Wildman–Crippen MR) is 31.9 cm³/mol. The maximum Gasteiger partial charge on any atom is 0.436 e. The number of hydrogen-bond acceptors (Lipinski definition) is 4. The van der Waals surface area contributed by atoms with Gasteiger partial charge in [-0.25, -0.2) is 4.79 Å². The van der Waals surface area contributed by atoms with Crippen LogP contribution in [0, 0.1) is 0 Å². The van der Waals surface area contributed by atoms with Gasteiger partial charge >= 0.3 is 12.1 Å². The van der Waals surface area contributed by atoms with Crippen LogP contribution in [0.15, 0.2) is 0 Å². The number of carboxylic acids is 1. The molecule has 1 aromatic rings. The zero-order valence-corrected chi connectivity index (χ0v) is 6.11. The molecule has 8 heteroatoms. The number of hydrogen-bond donors (Lipinski definition) is 1. The Morgan fingerprint density at radius 3 is 2.42 bits per heavy atom. The van der Waals surface area contributed by atoms with E-state index in [9.17, 15) is 18.0 Å². The third-order valence-corrected chi connectivity index (χ3v) is 1.66. The second kappa shape index (κ2) is 2.70. The monoisotopic (exact) mass is 198 g/mol. The normalized spacial score (nSPS) is 11.6. The van der Waals surface area contributed by atoms with Crippen LogP contribution in [0.1, 0.15) is 15.4 Å². The molecule has 0 atom stereocenters. The van der Waals surface area contributed by atoms with Crippen molar-refractivity contribution in [2.75, 3.05) is 0 Å². The van der Waals surface area contributed by atoms with Crippen LogP contribution >= 0.6 is 11.5 Å². The highest BCUT2D eigenvalue weighted by Gasteiger charge is 2.39. The SMILES string of the molecule is O=C(O)c1snnc1C(F)(F)F. The maximum atomic E-state index is 11.9. The number of alkyl halides is 3. The molecule has 0 aliphatic rings. The van der Waals surface area contributed by atoms with E-state index in [1.54, 1.807) is 0 Å². The van der Waals surface area contributed by atoms with Gasteiger partial charge in [0.1, 0.15) is 0 Å². The van der Waals surface area contributed by atoms with Crippen molar-refractivity contribution in [2.24, 2.45) is 0 Å². The Balaban J connectivity index is 3.17. The highest BCUT2D eigenvalue weighted by atomic mass is 32.1. The lowest BCUT2D eigenvalue weighted by molar-refractivity contribution is -0.141. The van der Waals surface area contributed by atoms with E-state index in [1.807, 2.05) is 0 Å². The Morgan fingerprint density at radius 2 is 2.08 bits per heavy atom. The molecule has 0 radical (unpaired) electrons. The van der Waals surface area contributed by atoms with Gasteiger partial charge in [0.2, 0.25) is 0 Å². The van der Waals surface area contributed by atoms with Crippen molar-refractivity contribution in [1.29, 1.82) is 0 Å². The molecule has 0 saturated heterocycles. The molecular weight excluding hydrogens is 197 g/mol. The van der Waals surface area contributed by atoms with Crippen LogP contribution in [0.25, 0.3) is 0 Å². The molecule has 0 amide bonds. The Kier molecular flexibility index (Phi) is 2.01. The van der Waals surface area contributed by atoms with E-state index in [1.165, 1.54) is 0 Å². The van der Waals surface area contributed by atoms with Crippen LogP contribution in [0.4, 0.5) is 13.2 Å². The number of rotatable bonds is 1. The molecule has 1 rings (SSSR count). The van der Waals surface area contributed by atoms with Gasteiger partial charge in [0.15, 0.2) is 10.6 Å². The molecule has 1 aromatic heterocycles. The zero-order valence-electron chi connectivity index (χ0n) is 5.29. The summed E-state index contributed by atoms with van der Waals surface area (Å²) in [5.41, 5.74) is -1.44. The van der Waals surface area contributed by atoms with Gasteiger partial charge in [-0.2, -0.15) is 13.2 Å². The summed E-state index contributed by atoms with van der Waals surface area (Å²) in [6, 6.07) is 0. The molecule has 0 unspecified atom stereocenters. The van der Waals surface area contributed by atoms with Crippen molar-refractivity contribution in [3.8, 4) is 0 Å². The molecule has 0 aliphatic heterocycles. The fourth-order valence-corrected chi connectivity index (χ4v) is 1.04. The van der Waals surface area contributed by atoms with E-state index in [-0.39, 0.29) is 11.5 Å². The Labute approximate surface area is 67.8 Å². The summed E-state index contributed by atoms with van der Waals surface area (Å²) in [4.78, 5) is 9.27. The minimum absolute atomic E-state index is 0.204. The molecule has 4 nitrogen and oxygen atoms in total. The predicted octanol–water partition coefficient (Wildman–Crippen LogP) is 1.26. The number of aromatic carboxylic acids is 1. The van der Waals surface area contributed by atoms with Crippen LogP contribution < -0.4 is 0 Å². The summed E-state index contributed by atoms with van der Waals surface area (Å²) >= 11 is 0.204. The molecule has 1 N–H and O–H groups in total. The van der Waals surface area contributed by atoms with Gasteiger partial charge in [-0.05, 0) is 11.5 Å². The number of nitrogens with zero attached hydrogens (tertiary/aromatic N) is 2. The summed E-state index contributed by atoms with van der Waals surface area (Å²) in [6.45, 7) is 0. The highest BCUT2D eigenvalue weighted by Crippen LogP contribution is 2.31. The van der Waals surface area contributed by atoms with E-state index < -0.39 is 22.7 Å². The zero-order chi connectivity index (χ0) is 9.35. The van der Waals surface area contributed by atoms with Gasteiger partial charge in [0, 0.05) is 0 Å². The van der Waals surface area contributed by atoms with Crippen molar-refractivity contribution in [3.05, 3.63) is 10.6 Å². The van der Waals surface area contributed by atoms with Crippen molar-refractivity contribution in [1.82, 2.24) is 9.59 Å². The van der Waals surface area contributed by atoms with E-state index in [4.69, 9.17) is 5.11 Å². The minimum atomic E-state index is -4.75. The third kappa shape index (κ3) is 1.52. The molecule has 0 aromatic carbocycles. The lowest BCUT2D eigenvalue weighted by Gasteiger charge is -2.00. The van der Waals surface area contributed by atoms with Crippen LogP contribution in [0.5, 0.6) is 0 Å². The van der Waals surface area contributed by atoms with Crippen molar-refractivity contribution in [2.45, 2.75) is 6.18 Å². The minimum Gasteiger partial charge on any atom is -0.477 e. The molecule has 0 spiro atoms. The topological polar surface area (TPSA) is 63.1 Å². The van der Waals surface area contributed by atoms with E-state index >= 15 is 0 Å². The molecule has 0 bridgehead atoms. The number of carboxylic acid groups (broad SMARTS) is 1. The second-order valence-electron chi connectivity index (χ2n) is 1.75. The first-order valence-corrected chi connectivity index (χ1v) is 3.33. The Bertz CT molecular complexity index is 307. The van der Waals surface area contributed by atoms with Gasteiger partial charge in [-0.3, -0.25) is 0 Å². The molecule has 0 fully saturated rings.